The average Bonchev–Trinajstić information content (AvgIpc) is 2.00. The molecule has 0 radical (unpaired) electrons. The summed E-state index contributed by atoms with van der Waals surface area (Å²) in [6, 6.07) is -0.420. The van der Waals surface area contributed by atoms with Crippen LogP contribution in [0.15, 0.2) is 0 Å². The number of methoxy groups -OCH3 is 1. The number of primary amides is 1. The molecule has 0 aromatic rings. The Morgan fingerprint density at radius 1 is 1.75 bits per heavy atom. The van der Waals surface area contributed by atoms with Gasteiger partial charge in [0.15, 0.2) is 0 Å². The standard InChI is InChI=1S/C7H16N2O3/c1-5(7(8)11)9-3-6(10)4-12-2/h5-6,9-10H,3-4H2,1-2H3,(H2,8,11). The van der Waals surface area contributed by atoms with Crippen molar-refractivity contribution >= 4 is 5.91 Å². The molecule has 5 nitrogen and oxygen atoms in total. The fraction of sp³-hybridized carbons (Fsp3) is 0.857. The minimum absolute atomic E-state index is 0.248. The van der Waals surface area contributed by atoms with E-state index in [2.05, 4.69) is 5.32 Å². The van der Waals surface area contributed by atoms with Gasteiger partial charge in [-0.2, -0.15) is 0 Å². The molecule has 0 aromatic heterocycles. The van der Waals surface area contributed by atoms with Gasteiger partial charge >= 0.3 is 0 Å². The Hall–Kier alpha value is -0.650. The van der Waals surface area contributed by atoms with Crippen LogP contribution < -0.4 is 11.1 Å². The summed E-state index contributed by atoms with van der Waals surface area (Å²) in [5.41, 5.74) is 4.98. The first-order chi connectivity index (χ1) is 5.57. The van der Waals surface area contributed by atoms with Gasteiger partial charge in [-0.05, 0) is 6.92 Å². The highest BCUT2D eigenvalue weighted by molar-refractivity contribution is 5.79. The molecule has 72 valence electrons. The van der Waals surface area contributed by atoms with Crippen molar-refractivity contribution in [3.8, 4) is 0 Å². The van der Waals surface area contributed by atoms with Gasteiger partial charge in [-0.25, -0.2) is 0 Å². The fourth-order valence-corrected chi connectivity index (χ4v) is 0.665. The zero-order chi connectivity index (χ0) is 9.56. The normalized spacial score (nSPS) is 15.6. The molecule has 5 heteroatoms. The van der Waals surface area contributed by atoms with E-state index < -0.39 is 18.1 Å². The van der Waals surface area contributed by atoms with Gasteiger partial charge in [0, 0.05) is 13.7 Å². The Morgan fingerprint density at radius 2 is 2.33 bits per heavy atom. The highest BCUT2D eigenvalue weighted by atomic mass is 16.5. The molecule has 0 saturated heterocycles. The van der Waals surface area contributed by atoms with Crippen molar-refractivity contribution in [3.05, 3.63) is 0 Å². The van der Waals surface area contributed by atoms with Crippen LogP contribution in [0.5, 0.6) is 0 Å². The second-order valence-corrected chi connectivity index (χ2v) is 2.64. The van der Waals surface area contributed by atoms with E-state index in [1.54, 1.807) is 6.92 Å². The molecule has 0 rings (SSSR count). The highest BCUT2D eigenvalue weighted by Gasteiger charge is 2.09. The second kappa shape index (κ2) is 5.93. The van der Waals surface area contributed by atoms with Crippen LogP contribution in [0.25, 0.3) is 0 Å². The number of nitrogens with one attached hydrogen (secondary N) is 1. The maximum absolute atomic E-state index is 10.5. The molecule has 0 saturated carbocycles. The Bertz CT molecular complexity index is 141. The Labute approximate surface area is 71.9 Å². The third-order valence-electron chi connectivity index (χ3n) is 1.45. The predicted octanol–water partition coefficient (Wildman–Crippen LogP) is -1.54. The van der Waals surface area contributed by atoms with Crippen molar-refractivity contribution in [1.29, 1.82) is 0 Å². The van der Waals surface area contributed by atoms with Crippen LogP contribution in [-0.4, -0.2) is 43.4 Å². The first-order valence-electron chi connectivity index (χ1n) is 3.77. The zero-order valence-corrected chi connectivity index (χ0v) is 7.41. The van der Waals surface area contributed by atoms with Crippen molar-refractivity contribution in [2.24, 2.45) is 5.73 Å². The van der Waals surface area contributed by atoms with Crippen molar-refractivity contribution < 1.29 is 14.6 Å². The largest absolute Gasteiger partial charge is 0.389 e. The molecule has 0 fully saturated rings. The Balaban J connectivity index is 3.46. The number of hydrogen-bond donors (Lipinski definition) is 3. The summed E-state index contributed by atoms with van der Waals surface area (Å²) in [4.78, 5) is 10.5. The summed E-state index contributed by atoms with van der Waals surface area (Å²) in [5.74, 6) is -0.431. The summed E-state index contributed by atoms with van der Waals surface area (Å²) in [7, 11) is 1.50. The lowest BCUT2D eigenvalue weighted by Gasteiger charge is -2.13. The SMILES string of the molecule is COCC(O)CNC(C)C(N)=O. The van der Waals surface area contributed by atoms with E-state index in [1.165, 1.54) is 7.11 Å². The number of carbonyl (C=O) groups is 1. The van der Waals surface area contributed by atoms with Crippen molar-refractivity contribution in [1.82, 2.24) is 5.32 Å². The monoisotopic (exact) mass is 176 g/mol. The topological polar surface area (TPSA) is 84.6 Å². The molecule has 0 aromatic carbocycles. The maximum atomic E-state index is 10.5. The predicted molar refractivity (Wildman–Crippen MR) is 44.5 cm³/mol. The van der Waals surface area contributed by atoms with E-state index in [0.717, 1.165) is 0 Å². The van der Waals surface area contributed by atoms with E-state index in [9.17, 15) is 4.79 Å². The van der Waals surface area contributed by atoms with E-state index in [4.69, 9.17) is 15.6 Å². The van der Waals surface area contributed by atoms with Crippen molar-refractivity contribution in [3.63, 3.8) is 0 Å². The molecule has 0 aliphatic carbocycles. The third-order valence-corrected chi connectivity index (χ3v) is 1.45. The lowest BCUT2D eigenvalue weighted by Crippen LogP contribution is -2.43. The molecule has 1 amide bonds. The lowest BCUT2D eigenvalue weighted by molar-refractivity contribution is -0.119. The summed E-state index contributed by atoms with van der Waals surface area (Å²) < 4.78 is 4.69. The summed E-state index contributed by atoms with van der Waals surface area (Å²) >= 11 is 0. The van der Waals surface area contributed by atoms with Crippen LogP contribution in [0.3, 0.4) is 0 Å². The molecular formula is C7H16N2O3. The van der Waals surface area contributed by atoms with E-state index >= 15 is 0 Å². The molecule has 0 spiro atoms. The van der Waals surface area contributed by atoms with Gasteiger partial charge < -0.3 is 20.9 Å². The van der Waals surface area contributed by atoms with Crippen LogP contribution in [-0.2, 0) is 9.53 Å². The minimum Gasteiger partial charge on any atom is -0.389 e. The molecule has 0 aliphatic rings. The quantitative estimate of drug-likeness (QED) is 0.458. The molecule has 0 heterocycles. The molecular weight excluding hydrogens is 160 g/mol. The highest BCUT2D eigenvalue weighted by Crippen LogP contribution is 1.84. The Kier molecular flexibility index (Phi) is 5.61. The molecule has 2 unspecified atom stereocenters. The van der Waals surface area contributed by atoms with E-state index in [0.29, 0.717) is 6.54 Å². The molecule has 12 heavy (non-hydrogen) atoms. The van der Waals surface area contributed by atoms with E-state index in [-0.39, 0.29) is 6.61 Å². The molecule has 2 atom stereocenters. The van der Waals surface area contributed by atoms with Crippen molar-refractivity contribution in [2.45, 2.75) is 19.1 Å². The summed E-state index contributed by atoms with van der Waals surface area (Å²) in [6.45, 7) is 2.19. The second-order valence-electron chi connectivity index (χ2n) is 2.64. The molecule has 0 aliphatic heterocycles. The summed E-state index contributed by atoms with van der Waals surface area (Å²) in [6.07, 6.45) is -0.600. The zero-order valence-electron chi connectivity index (χ0n) is 7.41. The lowest BCUT2D eigenvalue weighted by atomic mass is 10.3. The third kappa shape index (κ3) is 5.06. The number of ether oxygens (including phenoxy) is 1. The van der Waals surface area contributed by atoms with Gasteiger partial charge in [0.1, 0.15) is 0 Å². The van der Waals surface area contributed by atoms with Gasteiger partial charge in [-0.3, -0.25) is 4.79 Å². The number of rotatable bonds is 6. The number of hydrogen-bond acceptors (Lipinski definition) is 4. The summed E-state index contributed by atoms with van der Waals surface area (Å²) in [5, 5.41) is 11.9. The van der Waals surface area contributed by atoms with Crippen LogP contribution in [0.2, 0.25) is 0 Å². The van der Waals surface area contributed by atoms with Gasteiger partial charge in [-0.15, -0.1) is 0 Å². The van der Waals surface area contributed by atoms with Crippen LogP contribution in [0, 0.1) is 0 Å². The smallest absolute Gasteiger partial charge is 0.234 e. The first-order valence-corrected chi connectivity index (χ1v) is 3.77. The van der Waals surface area contributed by atoms with Crippen molar-refractivity contribution in [2.75, 3.05) is 20.3 Å². The number of amides is 1. The fourth-order valence-electron chi connectivity index (χ4n) is 0.665. The maximum Gasteiger partial charge on any atom is 0.234 e. The molecule has 0 bridgehead atoms. The Morgan fingerprint density at radius 3 is 2.75 bits per heavy atom. The number of carbonyl (C=O) groups excluding carboxylic acids is 1. The van der Waals surface area contributed by atoms with Crippen LogP contribution >= 0.6 is 0 Å². The van der Waals surface area contributed by atoms with Gasteiger partial charge in [-0.1, -0.05) is 0 Å². The van der Waals surface area contributed by atoms with E-state index in [1.807, 2.05) is 0 Å². The van der Waals surface area contributed by atoms with Crippen LogP contribution in [0.4, 0.5) is 0 Å². The average molecular weight is 176 g/mol. The molecule has 4 N–H and O–H groups in total. The number of nitrogens with two attached hydrogens (primary N) is 1. The van der Waals surface area contributed by atoms with Crippen LogP contribution in [0.1, 0.15) is 6.92 Å². The number of aliphatic hydroxyl groups is 1. The van der Waals surface area contributed by atoms with Gasteiger partial charge in [0.05, 0.1) is 18.8 Å². The first kappa shape index (κ1) is 11.4. The van der Waals surface area contributed by atoms with Gasteiger partial charge in [0.2, 0.25) is 5.91 Å². The minimum atomic E-state index is -0.600. The van der Waals surface area contributed by atoms with Gasteiger partial charge in [0.25, 0.3) is 0 Å². The number of aliphatic hydroxyl groups excluding tert-OH is 1.